The molecule has 0 fully saturated rings. The number of aryl methyl sites for hydroxylation is 1. The first-order valence-corrected chi connectivity index (χ1v) is 10.6. The van der Waals surface area contributed by atoms with Gasteiger partial charge in [0.1, 0.15) is 0 Å². The van der Waals surface area contributed by atoms with Crippen LogP contribution in [-0.2, 0) is 16.1 Å². The molecule has 0 bridgehead atoms. The van der Waals surface area contributed by atoms with Gasteiger partial charge in [-0.2, -0.15) is 9.90 Å². The number of nitrogens with one attached hydrogen (secondary N) is 1. The maximum atomic E-state index is 12.4. The standard InChI is InChI=1S/C23H23N7O3/c1-2-33-23(32)20-13-15-29(26-20)19-11-6-10-18(16-19)24-21(31)12-7-14-30-27-22(25-28-30)17-8-4-3-5-9-17/h3-6,8-11,13,15-16H,2,7,12,14H2,1H3,(H,24,31). The Morgan fingerprint density at radius 1 is 1.03 bits per heavy atom. The number of esters is 1. The minimum absolute atomic E-state index is 0.122. The van der Waals surface area contributed by atoms with Gasteiger partial charge in [-0.25, -0.2) is 9.48 Å². The highest BCUT2D eigenvalue weighted by atomic mass is 16.5. The van der Waals surface area contributed by atoms with Crippen molar-refractivity contribution in [1.82, 2.24) is 30.0 Å². The quantitative estimate of drug-likeness (QED) is 0.393. The van der Waals surface area contributed by atoms with Crippen LogP contribution in [0.4, 0.5) is 5.69 Å². The van der Waals surface area contributed by atoms with E-state index in [1.54, 1.807) is 42.1 Å². The van der Waals surface area contributed by atoms with E-state index in [0.29, 0.717) is 36.6 Å². The van der Waals surface area contributed by atoms with Crippen LogP contribution >= 0.6 is 0 Å². The van der Waals surface area contributed by atoms with Gasteiger partial charge in [-0.05, 0) is 42.8 Å². The Morgan fingerprint density at radius 3 is 2.70 bits per heavy atom. The van der Waals surface area contributed by atoms with Crippen molar-refractivity contribution in [3.8, 4) is 17.1 Å². The fourth-order valence-corrected chi connectivity index (χ4v) is 3.15. The van der Waals surface area contributed by atoms with Gasteiger partial charge in [-0.3, -0.25) is 4.79 Å². The molecule has 168 valence electrons. The molecule has 4 aromatic rings. The number of amides is 1. The van der Waals surface area contributed by atoms with Crippen molar-refractivity contribution in [2.75, 3.05) is 11.9 Å². The van der Waals surface area contributed by atoms with Crippen LogP contribution in [0.3, 0.4) is 0 Å². The van der Waals surface area contributed by atoms with Crippen LogP contribution in [0.15, 0.2) is 66.9 Å². The maximum Gasteiger partial charge on any atom is 0.358 e. The average molecular weight is 445 g/mol. The van der Waals surface area contributed by atoms with Gasteiger partial charge in [0.15, 0.2) is 5.69 Å². The van der Waals surface area contributed by atoms with Crippen LogP contribution < -0.4 is 5.32 Å². The first-order chi connectivity index (χ1) is 16.1. The minimum atomic E-state index is -0.474. The summed E-state index contributed by atoms with van der Waals surface area (Å²) in [7, 11) is 0. The molecule has 1 N–H and O–H groups in total. The second-order valence-corrected chi connectivity index (χ2v) is 7.14. The number of ether oxygens (including phenoxy) is 1. The van der Waals surface area contributed by atoms with E-state index in [-0.39, 0.29) is 18.2 Å². The molecule has 0 aliphatic rings. The Hall–Kier alpha value is -4.34. The fourth-order valence-electron chi connectivity index (χ4n) is 3.15. The second-order valence-electron chi connectivity index (χ2n) is 7.14. The van der Waals surface area contributed by atoms with Gasteiger partial charge in [0.25, 0.3) is 0 Å². The van der Waals surface area contributed by atoms with E-state index in [0.717, 1.165) is 5.56 Å². The number of hydrogen-bond donors (Lipinski definition) is 1. The van der Waals surface area contributed by atoms with Crippen molar-refractivity contribution in [2.24, 2.45) is 0 Å². The third kappa shape index (κ3) is 5.67. The Kier molecular flexibility index (Phi) is 6.84. The van der Waals surface area contributed by atoms with Crippen molar-refractivity contribution in [1.29, 1.82) is 0 Å². The van der Waals surface area contributed by atoms with E-state index in [1.165, 1.54) is 4.80 Å². The normalized spacial score (nSPS) is 10.7. The lowest BCUT2D eigenvalue weighted by molar-refractivity contribution is -0.116. The largest absolute Gasteiger partial charge is 0.461 e. The van der Waals surface area contributed by atoms with Crippen molar-refractivity contribution < 1.29 is 14.3 Å². The van der Waals surface area contributed by atoms with Crippen LogP contribution in [0.1, 0.15) is 30.3 Å². The maximum absolute atomic E-state index is 12.4. The second kappa shape index (κ2) is 10.3. The van der Waals surface area contributed by atoms with Crippen LogP contribution in [0.25, 0.3) is 17.1 Å². The highest BCUT2D eigenvalue weighted by Crippen LogP contribution is 2.16. The van der Waals surface area contributed by atoms with Gasteiger partial charge in [0, 0.05) is 23.9 Å². The zero-order chi connectivity index (χ0) is 23.0. The zero-order valence-electron chi connectivity index (χ0n) is 18.1. The van der Waals surface area contributed by atoms with E-state index < -0.39 is 5.97 Å². The smallest absolute Gasteiger partial charge is 0.358 e. The molecule has 1 amide bonds. The van der Waals surface area contributed by atoms with Gasteiger partial charge in [0.05, 0.1) is 18.8 Å². The minimum Gasteiger partial charge on any atom is -0.461 e. The summed E-state index contributed by atoms with van der Waals surface area (Å²) in [5, 5.41) is 19.6. The Labute approximate surface area is 190 Å². The SMILES string of the molecule is CCOC(=O)c1ccn(-c2cccc(NC(=O)CCCn3nnc(-c4ccccc4)n3)c2)n1. The first-order valence-electron chi connectivity index (χ1n) is 10.6. The van der Waals surface area contributed by atoms with Crippen molar-refractivity contribution in [3.05, 3.63) is 72.6 Å². The number of anilines is 1. The lowest BCUT2D eigenvalue weighted by atomic mass is 10.2. The number of tetrazole rings is 1. The summed E-state index contributed by atoms with van der Waals surface area (Å²) in [6, 6.07) is 18.4. The predicted molar refractivity (Wildman–Crippen MR) is 121 cm³/mol. The fraction of sp³-hybridized carbons (Fsp3) is 0.217. The van der Waals surface area contributed by atoms with Crippen LogP contribution in [0.5, 0.6) is 0 Å². The van der Waals surface area contributed by atoms with Crippen LogP contribution in [0.2, 0.25) is 0 Å². The van der Waals surface area contributed by atoms with Gasteiger partial charge in [0.2, 0.25) is 11.7 Å². The highest BCUT2D eigenvalue weighted by molar-refractivity contribution is 5.91. The Morgan fingerprint density at radius 2 is 1.88 bits per heavy atom. The molecule has 0 saturated heterocycles. The van der Waals surface area contributed by atoms with E-state index in [9.17, 15) is 9.59 Å². The monoisotopic (exact) mass is 445 g/mol. The van der Waals surface area contributed by atoms with E-state index in [2.05, 4.69) is 25.8 Å². The lowest BCUT2D eigenvalue weighted by Gasteiger charge is -2.08. The van der Waals surface area contributed by atoms with Crippen molar-refractivity contribution in [2.45, 2.75) is 26.3 Å². The third-order valence-electron chi connectivity index (χ3n) is 4.71. The molecular formula is C23H23N7O3. The first kappa shape index (κ1) is 21.9. The van der Waals surface area contributed by atoms with E-state index >= 15 is 0 Å². The molecule has 10 heteroatoms. The molecule has 33 heavy (non-hydrogen) atoms. The average Bonchev–Trinajstić information content (AvgIpc) is 3.50. The summed E-state index contributed by atoms with van der Waals surface area (Å²) < 4.78 is 6.52. The van der Waals surface area contributed by atoms with Crippen molar-refractivity contribution >= 4 is 17.6 Å². The summed E-state index contributed by atoms with van der Waals surface area (Å²) in [5.41, 5.74) is 2.47. The lowest BCUT2D eigenvalue weighted by Crippen LogP contribution is -2.13. The zero-order valence-corrected chi connectivity index (χ0v) is 18.1. The molecule has 0 aliphatic heterocycles. The van der Waals surface area contributed by atoms with Crippen LogP contribution in [-0.4, -0.2) is 48.5 Å². The molecule has 0 saturated carbocycles. The molecule has 0 spiro atoms. The molecule has 2 aromatic carbocycles. The Bertz CT molecular complexity index is 1230. The van der Waals surface area contributed by atoms with Gasteiger partial charge < -0.3 is 10.1 Å². The molecule has 10 nitrogen and oxygen atoms in total. The summed E-state index contributed by atoms with van der Waals surface area (Å²) in [4.78, 5) is 25.7. The number of benzene rings is 2. The predicted octanol–water partition coefficient (Wildman–Crippen LogP) is 3.12. The summed E-state index contributed by atoms with van der Waals surface area (Å²) in [6.45, 7) is 2.51. The van der Waals surface area contributed by atoms with E-state index in [4.69, 9.17) is 4.74 Å². The number of hydrogen-bond acceptors (Lipinski definition) is 7. The van der Waals surface area contributed by atoms with Gasteiger partial charge in [-0.1, -0.05) is 36.4 Å². The number of nitrogens with zero attached hydrogens (tertiary/aromatic N) is 6. The third-order valence-corrected chi connectivity index (χ3v) is 4.71. The molecule has 0 unspecified atom stereocenters. The molecule has 0 atom stereocenters. The highest BCUT2D eigenvalue weighted by Gasteiger charge is 2.12. The number of rotatable bonds is 9. The Balaban J connectivity index is 1.30. The molecule has 0 aliphatic carbocycles. The number of carbonyl (C=O) groups is 2. The molecule has 2 aromatic heterocycles. The van der Waals surface area contributed by atoms with Gasteiger partial charge >= 0.3 is 5.97 Å². The molecule has 4 rings (SSSR count). The summed E-state index contributed by atoms with van der Waals surface area (Å²) in [6.07, 6.45) is 2.54. The summed E-state index contributed by atoms with van der Waals surface area (Å²) >= 11 is 0. The number of carbonyl (C=O) groups excluding carboxylic acids is 2. The topological polar surface area (TPSA) is 117 Å². The molecule has 2 heterocycles. The summed E-state index contributed by atoms with van der Waals surface area (Å²) in [5.74, 6) is -0.0386. The van der Waals surface area contributed by atoms with E-state index in [1.807, 2.05) is 36.4 Å². The van der Waals surface area contributed by atoms with Crippen LogP contribution in [0, 0.1) is 0 Å². The van der Waals surface area contributed by atoms with Gasteiger partial charge in [-0.15, -0.1) is 10.2 Å². The molecule has 0 radical (unpaired) electrons. The molecular weight excluding hydrogens is 422 g/mol. The van der Waals surface area contributed by atoms with Crippen molar-refractivity contribution in [3.63, 3.8) is 0 Å². The number of aromatic nitrogens is 6.